The van der Waals surface area contributed by atoms with Gasteiger partial charge in [0, 0.05) is 27.9 Å². The molecule has 1 aromatic heterocycles. The van der Waals surface area contributed by atoms with Crippen LogP contribution in [-0.4, -0.2) is 15.9 Å². The molecule has 9 heteroatoms. The van der Waals surface area contributed by atoms with Crippen molar-refractivity contribution >= 4 is 50.5 Å². The third-order valence-corrected chi connectivity index (χ3v) is 4.91. The van der Waals surface area contributed by atoms with Gasteiger partial charge in [-0.1, -0.05) is 28.1 Å². The van der Waals surface area contributed by atoms with Crippen molar-refractivity contribution in [3.8, 4) is 11.3 Å². The number of aryl methyl sites for hydroxylation is 1. The van der Waals surface area contributed by atoms with Gasteiger partial charge in [-0.05, 0) is 55.0 Å². The predicted molar refractivity (Wildman–Crippen MR) is 113 cm³/mol. The molecule has 142 valence electrons. The van der Waals surface area contributed by atoms with Crippen LogP contribution in [0.3, 0.4) is 0 Å². The van der Waals surface area contributed by atoms with Gasteiger partial charge in [0.25, 0.3) is 11.6 Å². The van der Waals surface area contributed by atoms with Crippen molar-refractivity contribution in [1.82, 2.24) is 5.32 Å². The van der Waals surface area contributed by atoms with Gasteiger partial charge >= 0.3 is 0 Å². The fraction of sp³-hybridized carbons (Fsp3) is 0.0526. The fourth-order valence-electron chi connectivity index (χ4n) is 2.44. The average Bonchev–Trinajstić information content (AvgIpc) is 3.15. The maximum Gasteiger partial charge on any atom is 0.293 e. The van der Waals surface area contributed by atoms with Crippen molar-refractivity contribution < 1.29 is 14.1 Å². The summed E-state index contributed by atoms with van der Waals surface area (Å²) >= 11 is 8.58. The Labute approximate surface area is 174 Å². The molecule has 2 N–H and O–H groups in total. The number of furan rings is 1. The number of benzene rings is 2. The quantitative estimate of drug-likeness (QED) is 0.321. The molecule has 0 saturated heterocycles. The van der Waals surface area contributed by atoms with E-state index in [1.165, 1.54) is 18.2 Å². The number of hydrogen-bond donors (Lipinski definition) is 2. The van der Waals surface area contributed by atoms with E-state index in [1.807, 2.05) is 25.1 Å². The lowest BCUT2D eigenvalue weighted by Gasteiger charge is -2.09. The minimum atomic E-state index is -0.525. The zero-order valence-electron chi connectivity index (χ0n) is 14.6. The van der Waals surface area contributed by atoms with E-state index in [4.69, 9.17) is 16.6 Å². The number of nitrogens with zero attached hydrogens (tertiary/aromatic N) is 1. The number of anilines is 1. The van der Waals surface area contributed by atoms with Crippen LogP contribution in [-0.2, 0) is 0 Å². The zero-order chi connectivity index (χ0) is 20.3. The molecule has 0 fully saturated rings. The lowest BCUT2D eigenvalue weighted by atomic mass is 10.1. The Kier molecular flexibility index (Phi) is 5.86. The Morgan fingerprint density at radius 2 is 1.96 bits per heavy atom. The number of rotatable bonds is 4. The van der Waals surface area contributed by atoms with Crippen LogP contribution in [0.1, 0.15) is 16.1 Å². The number of nitrogens with one attached hydrogen (secondary N) is 2. The van der Waals surface area contributed by atoms with E-state index in [0.29, 0.717) is 11.3 Å². The Morgan fingerprint density at radius 1 is 1.18 bits per heavy atom. The summed E-state index contributed by atoms with van der Waals surface area (Å²) in [5.74, 6) is -0.142. The second-order valence-corrected chi connectivity index (χ2v) is 7.11. The summed E-state index contributed by atoms with van der Waals surface area (Å²) in [5.41, 5.74) is 2.20. The van der Waals surface area contributed by atoms with Gasteiger partial charge < -0.3 is 9.73 Å². The van der Waals surface area contributed by atoms with Gasteiger partial charge in [-0.2, -0.15) is 0 Å². The van der Waals surface area contributed by atoms with E-state index in [0.717, 1.165) is 15.7 Å². The molecule has 7 nitrogen and oxygen atoms in total. The van der Waals surface area contributed by atoms with Crippen molar-refractivity contribution in [3.63, 3.8) is 0 Å². The summed E-state index contributed by atoms with van der Waals surface area (Å²) in [7, 11) is 0. The molecule has 0 aliphatic heterocycles. The molecule has 0 unspecified atom stereocenters. The molecule has 0 spiro atoms. The summed E-state index contributed by atoms with van der Waals surface area (Å²) in [4.78, 5) is 22.7. The number of carbonyl (C=O) groups is 1. The number of halogens is 1. The van der Waals surface area contributed by atoms with E-state index in [9.17, 15) is 14.9 Å². The van der Waals surface area contributed by atoms with Crippen molar-refractivity contribution in [3.05, 3.63) is 80.5 Å². The second kappa shape index (κ2) is 8.32. The van der Waals surface area contributed by atoms with Gasteiger partial charge in [0.05, 0.1) is 4.92 Å². The summed E-state index contributed by atoms with van der Waals surface area (Å²) in [5, 5.41) is 16.5. The Morgan fingerprint density at radius 3 is 2.68 bits per heavy atom. The molecule has 1 amide bonds. The minimum absolute atomic E-state index is 0.0395. The topological polar surface area (TPSA) is 97.4 Å². The maximum atomic E-state index is 12.3. The van der Waals surface area contributed by atoms with Gasteiger partial charge in [0.1, 0.15) is 5.76 Å². The molecule has 1 heterocycles. The van der Waals surface area contributed by atoms with Crippen molar-refractivity contribution in [1.29, 1.82) is 0 Å². The Balaban J connectivity index is 1.68. The van der Waals surface area contributed by atoms with Gasteiger partial charge in [-0.25, -0.2) is 0 Å². The van der Waals surface area contributed by atoms with Gasteiger partial charge in [0.15, 0.2) is 10.9 Å². The Hall–Kier alpha value is -3.04. The van der Waals surface area contributed by atoms with Crippen LogP contribution >= 0.6 is 28.1 Å². The number of hydrogen-bond acceptors (Lipinski definition) is 5. The first-order valence-corrected chi connectivity index (χ1v) is 9.27. The third kappa shape index (κ3) is 4.62. The molecule has 3 aromatic rings. The van der Waals surface area contributed by atoms with Crippen LogP contribution in [0, 0.1) is 17.0 Å². The first-order chi connectivity index (χ1) is 13.3. The molecule has 0 bridgehead atoms. The zero-order valence-corrected chi connectivity index (χ0v) is 17.0. The van der Waals surface area contributed by atoms with E-state index in [1.54, 1.807) is 18.2 Å². The normalized spacial score (nSPS) is 10.4. The summed E-state index contributed by atoms with van der Waals surface area (Å²) < 4.78 is 6.49. The van der Waals surface area contributed by atoms with Crippen LogP contribution in [0.25, 0.3) is 11.3 Å². The van der Waals surface area contributed by atoms with Crippen molar-refractivity contribution in [2.24, 2.45) is 0 Å². The second-order valence-electron chi connectivity index (χ2n) is 5.84. The standard InChI is InChI=1S/C19H14BrN3O4S/c1-11-9-13(5-6-15(11)20)21-19(28)22-18(24)17-8-7-16(27-17)12-3-2-4-14(10-12)23(25)26/h2-10H,1H3,(H2,21,22,24,28). The largest absolute Gasteiger partial charge is 0.451 e. The summed E-state index contributed by atoms with van der Waals surface area (Å²) in [6, 6.07) is 14.6. The highest BCUT2D eigenvalue weighted by molar-refractivity contribution is 9.10. The molecule has 0 saturated carbocycles. The van der Waals surface area contributed by atoms with Crippen LogP contribution < -0.4 is 10.6 Å². The first-order valence-electron chi connectivity index (χ1n) is 8.06. The Bertz CT molecular complexity index is 1080. The number of amides is 1. The average molecular weight is 460 g/mol. The third-order valence-electron chi connectivity index (χ3n) is 3.81. The highest BCUT2D eigenvalue weighted by Gasteiger charge is 2.15. The van der Waals surface area contributed by atoms with E-state index in [2.05, 4.69) is 26.6 Å². The highest BCUT2D eigenvalue weighted by atomic mass is 79.9. The molecular formula is C19H14BrN3O4S. The fourth-order valence-corrected chi connectivity index (χ4v) is 2.89. The summed E-state index contributed by atoms with van der Waals surface area (Å²) in [6.45, 7) is 1.94. The monoisotopic (exact) mass is 459 g/mol. The molecule has 28 heavy (non-hydrogen) atoms. The van der Waals surface area contributed by atoms with Crippen LogP contribution in [0.15, 0.2) is 63.5 Å². The van der Waals surface area contributed by atoms with E-state index in [-0.39, 0.29) is 16.6 Å². The van der Waals surface area contributed by atoms with E-state index < -0.39 is 10.8 Å². The first kappa shape index (κ1) is 19.7. The van der Waals surface area contributed by atoms with Crippen LogP contribution in [0.4, 0.5) is 11.4 Å². The lowest BCUT2D eigenvalue weighted by Crippen LogP contribution is -2.33. The van der Waals surface area contributed by atoms with Gasteiger partial charge in [0.2, 0.25) is 0 Å². The highest BCUT2D eigenvalue weighted by Crippen LogP contribution is 2.26. The SMILES string of the molecule is Cc1cc(NC(=S)NC(=O)c2ccc(-c3cccc([N+](=O)[O-])c3)o2)ccc1Br. The van der Waals surface area contributed by atoms with E-state index >= 15 is 0 Å². The maximum absolute atomic E-state index is 12.3. The van der Waals surface area contributed by atoms with Crippen LogP contribution in [0.2, 0.25) is 0 Å². The predicted octanol–water partition coefficient (Wildman–Crippen LogP) is 5.05. The number of thiocarbonyl (C=S) groups is 1. The van der Waals surface area contributed by atoms with Gasteiger partial charge in [-0.15, -0.1) is 0 Å². The molecule has 0 aliphatic carbocycles. The lowest BCUT2D eigenvalue weighted by molar-refractivity contribution is -0.384. The van der Waals surface area contributed by atoms with Crippen LogP contribution in [0.5, 0.6) is 0 Å². The van der Waals surface area contributed by atoms with Crippen molar-refractivity contribution in [2.75, 3.05) is 5.32 Å². The number of non-ortho nitro benzene ring substituents is 1. The number of nitro groups is 1. The molecule has 0 atom stereocenters. The van der Waals surface area contributed by atoms with Crippen molar-refractivity contribution in [2.45, 2.75) is 6.92 Å². The smallest absolute Gasteiger partial charge is 0.293 e. The minimum Gasteiger partial charge on any atom is -0.451 e. The number of nitro benzene ring substituents is 1. The van der Waals surface area contributed by atoms with Gasteiger partial charge in [-0.3, -0.25) is 20.2 Å². The molecule has 2 aromatic carbocycles. The molecule has 3 rings (SSSR count). The molecular weight excluding hydrogens is 446 g/mol. The molecule has 0 aliphatic rings. The number of carbonyl (C=O) groups excluding carboxylic acids is 1. The molecule has 0 radical (unpaired) electrons. The summed E-state index contributed by atoms with van der Waals surface area (Å²) in [6.07, 6.45) is 0.